The number of carbonyl (C=O) groups is 2. The van der Waals surface area contributed by atoms with Gasteiger partial charge in [0.15, 0.2) is 0 Å². The lowest BCUT2D eigenvalue weighted by Gasteiger charge is -2.25. The van der Waals surface area contributed by atoms with Crippen LogP contribution in [-0.2, 0) is 9.59 Å². The van der Waals surface area contributed by atoms with Gasteiger partial charge in [-0.15, -0.1) is 0 Å². The van der Waals surface area contributed by atoms with E-state index in [1.807, 2.05) is 25.1 Å². The Kier molecular flexibility index (Phi) is 5.07. The quantitative estimate of drug-likeness (QED) is 0.787. The van der Waals surface area contributed by atoms with Crippen LogP contribution in [0.4, 0.5) is 5.69 Å². The van der Waals surface area contributed by atoms with Gasteiger partial charge in [0.25, 0.3) is 0 Å². The van der Waals surface area contributed by atoms with E-state index in [2.05, 4.69) is 10.6 Å². The summed E-state index contributed by atoms with van der Waals surface area (Å²) in [5, 5.41) is 5.99. The average molecular weight is 330 g/mol. The molecule has 24 heavy (non-hydrogen) atoms. The number of nitrogens with one attached hydrogen (secondary N) is 2. The van der Waals surface area contributed by atoms with Gasteiger partial charge < -0.3 is 15.4 Å². The molecule has 5 nitrogen and oxygen atoms in total. The molecule has 2 aliphatic carbocycles. The minimum Gasteiger partial charge on any atom is -0.492 e. The summed E-state index contributed by atoms with van der Waals surface area (Å²) < 4.78 is 5.54. The lowest BCUT2D eigenvalue weighted by Crippen LogP contribution is -2.45. The fraction of sp³-hybridized carbons (Fsp3) is 0.579. The zero-order valence-electron chi connectivity index (χ0n) is 14.3. The van der Waals surface area contributed by atoms with Crippen molar-refractivity contribution in [3.05, 3.63) is 24.3 Å². The van der Waals surface area contributed by atoms with E-state index in [4.69, 9.17) is 4.74 Å². The summed E-state index contributed by atoms with van der Waals surface area (Å²) in [5.74, 6) is 0.306. The van der Waals surface area contributed by atoms with Gasteiger partial charge >= 0.3 is 0 Å². The summed E-state index contributed by atoms with van der Waals surface area (Å²) in [5.41, 5.74) is -0.266. The monoisotopic (exact) mass is 330 g/mol. The number of anilines is 1. The van der Waals surface area contributed by atoms with Crippen molar-refractivity contribution in [1.29, 1.82) is 0 Å². The van der Waals surface area contributed by atoms with Crippen molar-refractivity contribution in [3.8, 4) is 5.75 Å². The molecule has 5 heteroatoms. The van der Waals surface area contributed by atoms with Crippen LogP contribution in [0, 0.1) is 5.41 Å². The van der Waals surface area contributed by atoms with Gasteiger partial charge in [0.1, 0.15) is 11.2 Å². The van der Waals surface area contributed by atoms with E-state index < -0.39 is 5.41 Å². The molecular formula is C19H26N2O3. The molecule has 0 atom stereocenters. The van der Waals surface area contributed by atoms with Gasteiger partial charge in [-0.2, -0.15) is 0 Å². The molecule has 0 aliphatic heterocycles. The van der Waals surface area contributed by atoms with Crippen molar-refractivity contribution in [2.24, 2.45) is 5.41 Å². The highest BCUT2D eigenvalue weighted by Crippen LogP contribution is 2.47. The predicted molar refractivity (Wildman–Crippen MR) is 92.9 cm³/mol. The van der Waals surface area contributed by atoms with Gasteiger partial charge in [0, 0.05) is 6.04 Å². The first-order valence-electron chi connectivity index (χ1n) is 9.00. The molecule has 2 amide bonds. The molecule has 3 rings (SSSR count). The Morgan fingerprint density at radius 2 is 1.83 bits per heavy atom. The fourth-order valence-electron chi connectivity index (χ4n) is 3.35. The molecule has 2 aliphatic rings. The maximum Gasteiger partial charge on any atom is 0.240 e. The summed E-state index contributed by atoms with van der Waals surface area (Å²) in [6.07, 6.45) is 6.85. The predicted octanol–water partition coefficient (Wildman–Crippen LogP) is 3.25. The van der Waals surface area contributed by atoms with E-state index in [0.29, 0.717) is 30.9 Å². The van der Waals surface area contributed by atoms with Crippen LogP contribution < -0.4 is 15.4 Å². The summed E-state index contributed by atoms with van der Waals surface area (Å²) >= 11 is 0. The third kappa shape index (κ3) is 3.55. The van der Waals surface area contributed by atoms with Crippen LogP contribution in [0.5, 0.6) is 5.75 Å². The lowest BCUT2D eigenvalue weighted by molar-refractivity contribution is -0.135. The normalized spacial score (nSPS) is 19.4. The minimum absolute atomic E-state index is 0.110. The number of para-hydroxylation sites is 2. The van der Waals surface area contributed by atoms with E-state index in [0.717, 1.165) is 25.7 Å². The van der Waals surface area contributed by atoms with Crippen molar-refractivity contribution in [2.45, 2.75) is 57.9 Å². The van der Waals surface area contributed by atoms with Gasteiger partial charge in [-0.25, -0.2) is 0 Å². The summed E-state index contributed by atoms with van der Waals surface area (Å²) in [6, 6.07) is 7.56. The second-order valence-electron chi connectivity index (χ2n) is 6.77. The third-order valence-electron chi connectivity index (χ3n) is 4.99. The van der Waals surface area contributed by atoms with E-state index in [9.17, 15) is 9.59 Å². The number of hydrogen-bond acceptors (Lipinski definition) is 3. The molecule has 0 heterocycles. The largest absolute Gasteiger partial charge is 0.492 e. The fourth-order valence-corrected chi connectivity index (χ4v) is 3.35. The number of hydrogen-bond donors (Lipinski definition) is 2. The zero-order chi connectivity index (χ0) is 17.0. The highest BCUT2D eigenvalue weighted by Gasteiger charge is 2.56. The standard InChI is InChI=1S/C19H26N2O3/c1-2-24-16-11-7-6-10-15(16)21-18(23)19(12-13-19)17(22)20-14-8-4-3-5-9-14/h6-7,10-11,14H,2-5,8-9,12-13H2,1H3,(H,20,22)(H,21,23). The molecule has 0 bridgehead atoms. The van der Waals surface area contributed by atoms with Crippen LogP contribution in [0.25, 0.3) is 0 Å². The first-order chi connectivity index (χ1) is 11.7. The Bertz CT molecular complexity index is 604. The van der Waals surface area contributed by atoms with Crippen LogP contribution in [0.1, 0.15) is 51.9 Å². The Morgan fingerprint density at radius 3 is 2.50 bits per heavy atom. The van der Waals surface area contributed by atoms with Crippen molar-refractivity contribution in [1.82, 2.24) is 5.32 Å². The number of benzene rings is 1. The molecule has 0 spiro atoms. The highest BCUT2D eigenvalue weighted by molar-refractivity contribution is 6.13. The second kappa shape index (κ2) is 7.24. The zero-order valence-corrected chi connectivity index (χ0v) is 14.3. The maximum absolute atomic E-state index is 12.7. The summed E-state index contributed by atoms with van der Waals surface area (Å²) in [6.45, 7) is 2.43. The molecule has 2 fully saturated rings. The van der Waals surface area contributed by atoms with Crippen LogP contribution >= 0.6 is 0 Å². The molecule has 0 aromatic heterocycles. The van der Waals surface area contributed by atoms with Gasteiger partial charge in [-0.05, 0) is 44.7 Å². The van der Waals surface area contributed by atoms with Crippen LogP contribution in [-0.4, -0.2) is 24.5 Å². The third-order valence-corrected chi connectivity index (χ3v) is 4.99. The van der Waals surface area contributed by atoms with E-state index in [1.54, 1.807) is 6.07 Å². The van der Waals surface area contributed by atoms with Gasteiger partial charge in [0.05, 0.1) is 12.3 Å². The van der Waals surface area contributed by atoms with Crippen LogP contribution in [0.3, 0.4) is 0 Å². The van der Waals surface area contributed by atoms with Crippen LogP contribution in [0.2, 0.25) is 0 Å². The minimum atomic E-state index is -0.892. The molecule has 2 N–H and O–H groups in total. The molecule has 0 unspecified atom stereocenters. The molecule has 0 saturated heterocycles. The molecule has 1 aromatic carbocycles. The Hall–Kier alpha value is -2.04. The number of rotatable bonds is 6. The summed E-state index contributed by atoms with van der Waals surface area (Å²) in [7, 11) is 0. The van der Waals surface area contributed by atoms with Gasteiger partial charge in [-0.1, -0.05) is 31.4 Å². The van der Waals surface area contributed by atoms with Crippen molar-refractivity contribution in [3.63, 3.8) is 0 Å². The van der Waals surface area contributed by atoms with Gasteiger partial charge in [0.2, 0.25) is 11.8 Å². The van der Waals surface area contributed by atoms with Gasteiger partial charge in [-0.3, -0.25) is 9.59 Å². The first-order valence-corrected chi connectivity index (χ1v) is 9.00. The van der Waals surface area contributed by atoms with Crippen molar-refractivity contribution < 1.29 is 14.3 Å². The Morgan fingerprint density at radius 1 is 1.12 bits per heavy atom. The maximum atomic E-state index is 12.7. The smallest absolute Gasteiger partial charge is 0.240 e. The first kappa shape index (κ1) is 16.8. The van der Waals surface area contributed by atoms with E-state index in [1.165, 1.54) is 6.42 Å². The second-order valence-corrected chi connectivity index (χ2v) is 6.77. The molecule has 2 saturated carbocycles. The number of ether oxygens (including phenoxy) is 1. The number of carbonyl (C=O) groups excluding carboxylic acids is 2. The molecule has 1 aromatic rings. The van der Waals surface area contributed by atoms with E-state index in [-0.39, 0.29) is 17.9 Å². The van der Waals surface area contributed by atoms with Crippen molar-refractivity contribution in [2.75, 3.05) is 11.9 Å². The SMILES string of the molecule is CCOc1ccccc1NC(=O)C1(C(=O)NC2CCCCC2)CC1. The lowest BCUT2D eigenvalue weighted by atomic mass is 9.94. The van der Waals surface area contributed by atoms with Crippen molar-refractivity contribution >= 4 is 17.5 Å². The Labute approximate surface area is 143 Å². The topological polar surface area (TPSA) is 67.4 Å². The number of amides is 2. The molecule has 130 valence electrons. The molecule has 0 radical (unpaired) electrons. The van der Waals surface area contributed by atoms with Crippen LogP contribution in [0.15, 0.2) is 24.3 Å². The molecular weight excluding hydrogens is 304 g/mol. The Balaban J connectivity index is 1.64. The highest BCUT2D eigenvalue weighted by atomic mass is 16.5. The average Bonchev–Trinajstić information content (AvgIpc) is 3.40. The van der Waals surface area contributed by atoms with E-state index >= 15 is 0 Å². The summed E-state index contributed by atoms with van der Waals surface area (Å²) in [4.78, 5) is 25.3.